The third-order valence-corrected chi connectivity index (χ3v) is 9.11. The van der Waals surface area contributed by atoms with Gasteiger partial charge in [-0.1, -0.05) is 13.8 Å². The van der Waals surface area contributed by atoms with Gasteiger partial charge in [0, 0.05) is 35.8 Å². The molecule has 1 saturated heterocycles. The van der Waals surface area contributed by atoms with Crippen molar-refractivity contribution in [1.82, 2.24) is 24.5 Å². The summed E-state index contributed by atoms with van der Waals surface area (Å²) in [5, 5.41) is 4.35. The van der Waals surface area contributed by atoms with Crippen LogP contribution in [0.2, 0.25) is 0 Å². The number of fused-ring (bicyclic) bond motifs is 2. The highest BCUT2D eigenvalue weighted by Gasteiger charge is 2.38. The predicted octanol–water partition coefficient (Wildman–Crippen LogP) is 6.39. The first-order valence-electron chi connectivity index (χ1n) is 12.4. The van der Waals surface area contributed by atoms with Crippen LogP contribution in [-0.4, -0.2) is 56.0 Å². The second kappa shape index (κ2) is 8.41. The first-order valence-corrected chi connectivity index (χ1v) is 13.2. The lowest BCUT2D eigenvalue weighted by atomic mass is 9.84. The largest absolute Gasteiger partial charge is 0.354 e. The number of likely N-dealkylation sites (tertiary alicyclic amines) is 1. The Morgan fingerprint density at radius 3 is 2.53 bits per heavy atom. The average molecular weight is 484 g/mol. The third kappa shape index (κ3) is 3.66. The second-order valence-electron chi connectivity index (χ2n) is 10.4. The maximum atomic E-state index is 13.7. The third-order valence-electron chi connectivity index (χ3n) is 7.78. The highest BCUT2D eigenvalue weighted by molar-refractivity contribution is 7.19. The van der Waals surface area contributed by atoms with Crippen molar-refractivity contribution >= 4 is 27.2 Å². The average Bonchev–Trinajstić information content (AvgIpc) is 3.57. The summed E-state index contributed by atoms with van der Waals surface area (Å²) in [7, 11) is 0. The number of aryl methyl sites for hydroxylation is 1. The molecule has 6 rings (SSSR count). The van der Waals surface area contributed by atoms with E-state index < -0.39 is 12.3 Å². The van der Waals surface area contributed by atoms with Crippen molar-refractivity contribution < 1.29 is 8.78 Å². The Kier molecular flexibility index (Phi) is 5.48. The van der Waals surface area contributed by atoms with Crippen LogP contribution in [0.1, 0.15) is 67.4 Å². The van der Waals surface area contributed by atoms with E-state index in [1.165, 1.54) is 26.4 Å². The normalized spacial score (nSPS) is 26.4. The molecule has 8 heteroatoms. The Morgan fingerprint density at radius 1 is 1.09 bits per heavy atom. The first kappa shape index (κ1) is 22.2. The number of pyridine rings is 1. The maximum absolute atomic E-state index is 13.7. The maximum Gasteiger partial charge on any atom is 0.158 e. The minimum Gasteiger partial charge on any atom is -0.354 e. The van der Waals surface area contributed by atoms with Gasteiger partial charge in [-0.3, -0.25) is 4.90 Å². The van der Waals surface area contributed by atoms with Crippen molar-refractivity contribution in [1.29, 1.82) is 0 Å². The molecule has 0 aromatic carbocycles. The summed E-state index contributed by atoms with van der Waals surface area (Å²) < 4.78 is 30.5. The van der Waals surface area contributed by atoms with Gasteiger partial charge in [0.1, 0.15) is 18.7 Å². The predicted molar refractivity (Wildman–Crippen MR) is 133 cm³/mol. The van der Waals surface area contributed by atoms with Gasteiger partial charge in [0.05, 0.1) is 15.9 Å². The fourth-order valence-corrected chi connectivity index (χ4v) is 7.49. The number of hydrogen-bond acceptors (Lipinski definition) is 4. The number of halogens is 2. The van der Waals surface area contributed by atoms with Crippen molar-refractivity contribution in [2.75, 3.05) is 13.1 Å². The molecule has 180 valence electrons. The van der Waals surface area contributed by atoms with E-state index in [2.05, 4.69) is 54.2 Å². The van der Waals surface area contributed by atoms with Crippen molar-refractivity contribution in [3.05, 3.63) is 40.7 Å². The number of aromatic amines is 1. The molecule has 1 N–H and O–H groups in total. The van der Waals surface area contributed by atoms with Crippen LogP contribution >= 0.6 is 11.3 Å². The SMILES string of the molecule is Cc1cc(-c2[nH]c3cc(C4CCC(N5C[C@@H](F)[C@@H](F)C5)CC4)sc3c2C(C)C)cn2ncnc12. The van der Waals surface area contributed by atoms with Crippen LogP contribution < -0.4 is 0 Å². The van der Waals surface area contributed by atoms with Gasteiger partial charge in [0.2, 0.25) is 0 Å². The minimum atomic E-state index is -1.31. The van der Waals surface area contributed by atoms with E-state index in [9.17, 15) is 8.78 Å². The highest BCUT2D eigenvalue weighted by Crippen LogP contribution is 2.45. The zero-order chi connectivity index (χ0) is 23.6. The number of nitrogens with one attached hydrogen (secondary N) is 1. The van der Waals surface area contributed by atoms with E-state index in [0.717, 1.165) is 42.5 Å². The van der Waals surface area contributed by atoms with Gasteiger partial charge in [-0.25, -0.2) is 18.3 Å². The molecule has 1 aliphatic carbocycles. The van der Waals surface area contributed by atoms with E-state index in [1.54, 1.807) is 6.33 Å². The van der Waals surface area contributed by atoms with E-state index >= 15 is 0 Å². The lowest BCUT2D eigenvalue weighted by Gasteiger charge is -2.34. The van der Waals surface area contributed by atoms with Crippen molar-refractivity contribution in [3.8, 4) is 11.3 Å². The lowest BCUT2D eigenvalue weighted by molar-refractivity contribution is 0.168. The van der Waals surface area contributed by atoms with Crippen LogP contribution in [0.15, 0.2) is 24.7 Å². The van der Waals surface area contributed by atoms with Gasteiger partial charge >= 0.3 is 0 Å². The van der Waals surface area contributed by atoms with Crippen LogP contribution in [0.5, 0.6) is 0 Å². The number of thiophene rings is 1. The summed E-state index contributed by atoms with van der Waals surface area (Å²) >= 11 is 1.92. The fraction of sp³-hybridized carbons (Fsp3) is 0.538. The lowest BCUT2D eigenvalue weighted by Crippen LogP contribution is -2.36. The fourth-order valence-electron chi connectivity index (χ4n) is 6.00. The Balaban J connectivity index is 1.27. The molecule has 34 heavy (non-hydrogen) atoms. The molecule has 0 radical (unpaired) electrons. The Morgan fingerprint density at radius 2 is 1.82 bits per heavy atom. The number of aromatic nitrogens is 4. The molecule has 2 aliphatic rings. The molecular formula is C26H31F2N5S. The molecule has 0 amide bonds. The number of hydrogen-bond donors (Lipinski definition) is 1. The summed E-state index contributed by atoms with van der Waals surface area (Å²) in [4.78, 5) is 11.6. The quantitative estimate of drug-likeness (QED) is 0.366. The first-order chi connectivity index (χ1) is 16.4. The summed E-state index contributed by atoms with van der Waals surface area (Å²) in [6.45, 7) is 7.11. The van der Waals surface area contributed by atoms with E-state index in [4.69, 9.17) is 0 Å². The van der Waals surface area contributed by atoms with E-state index in [1.807, 2.05) is 20.8 Å². The summed E-state index contributed by atoms with van der Waals surface area (Å²) in [5.41, 5.74) is 6.86. The Bertz CT molecular complexity index is 1320. The van der Waals surface area contributed by atoms with Gasteiger partial charge in [0.25, 0.3) is 0 Å². The zero-order valence-corrected chi connectivity index (χ0v) is 20.7. The minimum absolute atomic E-state index is 0.263. The van der Waals surface area contributed by atoms with E-state index in [0.29, 0.717) is 17.9 Å². The molecule has 1 saturated carbocycles. The molecule has 5 heterocycles. The molecule has 4 aromatic rings. The summed E-state index contributed by atoms with van der Waals surface area (Å²) in [6.07, 6.45) is 5.25. The zero-order valence-electron chi connectivity index (χ0n) is 19.9. The van der Waals surface area contributed by atoms with Gasteiger partial charge in [-0.2, -0.15) is 5.10 Å². The Hall–Kier alpha value is -2.32. The van der Waals surface area contributed by atoms with Gasteiger partial charge in [-0.15, -0.1) is 11.3 Å². The van der Waals surface area contributed by atoms with Crippen molar-refractivity contribution in [2.24, 2.45) is 0 Å². The molecule has 0 unspecified atom stereocenters. The van der Waals surface area contributed by atoms with Gasteiger partial charge in [-0.05, 0) is 67.7 Å². The molecule has 0 spiro atoms. The van der Waals surface area contributed by atoms with Gasteiger partial charge in [0.15, 0.2) is 5.65 Å². The molecular weight excluding hydrogens is 452 g/mol. The molecule has 4 aromatic heterocycles. The molecule has 2 atom stereocenters. The van der Waals surface area contributed by atoms with Crippen molar-refractivity contribution in [2.45, 2.75) is 76.7 Å². The van der Waals surface area contributed by atoms with Crippen LogP contribution in [0.25, 0.3) is 27.1 Å². The number of alkyl halides is 2. The summed E-state index contributed by atoms with van der Waals surface area (Å²) in [6, 6.07) is 4.86. The smallest absolute Gasteiger partial charge is 0.158 e. The monoisotopic (exact) mass is 483 g/mol. The molecule has 1 aliphatic heterocycles. The number of H-pyrrole nitrogens is 1. The van der Waals surface area contributed by atoms with Crippen LogP contribution in [0.4, 0.5) is 8.78 Å². The topological polar surface area (TPSA) is 49.2 Å². The molecule has 5 nitrogen and oxygen atoms in total. The molecule has 2 fully saturated rings. The second-order valence-corrected chi connectivity index (χ2v) is 11.5. The number of rotatable bonds is 4. The molecule has 0 bridgehead atoms. The van der Waals surface area contributed by atoms with Crippen LogP contribution in [0.3, 0.4) is 0 Å². The standard InChI is InChI=1S/C26H31F2N5S/c1-14(2)23-24(17-8-15(3)26-29-13-30-33(26)10-17)31-21-9-22(34-25(21)23)16-4-6-18(7-5-16)32-11-19(27)20(28)12-32/h8-10,13-14,16,18-20,31H,4-7,11-12H2,1-3H3/t16?,18?,19-,20+. The van der Waals surface area contributed by atoms with Crippen LogP contribution in [-0.2, 0) is 0 Å². The van der Waals surface area contributed by atoms with E-state index in [-0.39, 0.29) is 13.1 Å². The summed E-state index contributed by atoms with van der Waals surface area (Å²) in [5.74, 6) is 0.916. The van der Waals surface area contributed by atoms with Crippen molar-refractivity contribution in [3.63, 3.8) is 0 Å². The number of nitrogens with zero attached hydrogens (tertiary/aromatic N) is 4. The van der Waals surface area contributed by atoms with Crippen LogP contribution in [0, 0.1) is 6.92 Å². The Labute approximate surface area is 202 Å². The highest BCUT2D eigenvalue weighted by atomic mass is 32.1. The van der Waals surface area contributed by atoms with Gasteiger partial charge < -0.3 is 4.98 Å².